The number of benzene rings is 1. The Kier molecular flexibility index (Phi) is 9.29. The van der Waals surface area contributed by atoms with E-state index in [-0.39, 0.29) is 17.2 Å². The Balaban J connectivity index is 1.38. The van der Waals surface area contributed by atoms with Crippen molar-refractivity contribution in [2.75, 3.05) is 44.1 Å². The first kappa shape index (κ1) is 25.8. The van der Waals surface area contributed by atoms with E-state index in [2.05, 4.69) is 27.9 Å². The van der Waals surface area contributed by atoms with Crippen LogP contribution in [0.2, 0.25) is 0 Å². The summed E-state index contributed by atoms with van der Waals surface area (Å²) in [7, 11) is 1.72. The van der Waals surface area contributed by atoms with E-state index in [9.17, 15) is 8.78 Å². The van der Waals surface area contributed by atoms with Crippen LogP contribution in [0.3, 0.4) is 0 Å². The van der Waals surface area contributed by atoms with Gasteiger partial charge in [-0.2, -0.15) is 0 Å². The summed E-state index contributed by atoms with van der Waals surface area (Å²) in [5.41, 5.74) is 1.25. The molecule has 0 spiro atoms. The summed E-state index contributed by atoms with van der Waals surface area (Å²) >= 11 is 0. The van der Waals surface area contributed by atoms with Crippen molar-refractivity contribution in [3.05, 3.63) is 42.1 Å². The summed E-state index contributed by atoms with van der Waals surface area (Å²) < 4.78 is 40.1. The number of ether oxygens (including phenoxy) is 2. The van der Waals surface area contributed by atoms with Crippen molar-refractivity contribution >= 4 is 11.5 Å². The van der Waals surface area contributed by atoms with Crippen LogP contribution in [-0.2, 0) is 9.47 Å². The second-order valence-electron chi connectivity index (χ2n) is 9.90. The van der Waals surface area contributed by atoms with Crippen molar-refractivity contribution in [2.24, 2.45) is 5.92 Å². The molecule has 1 saturated heterocycles. The van der Waals surface area contributed by atoms with Crippen LogP contribution in [0.5, 0.6) is 0 Å². The third-order valence-electron chi connectivity index (χ3n) is 7.06. The molecule has 192 valence electrons. The van der Waals surface area contributed by atoms with Gasteiger partial charge >= 0.3 is 0 Å². The Hall–Kier alpha value is -2.29. The molecule has 1 aliphatic heterocycles. The Morgan fingerprint density at radius 1 is 1.00 bits per heavy atom. The summed E-state index contributed by atoms with van der Waals surface area (Å²) in [6.07, 6.45) is 7.29. The number of nitrogens with one attached hydrogen (secondary N) is 3. The molecule has 6 nitrogen and oxygen atoms in total. The van der Waals surface area contributed by atoms with Gasteiger partial charge in [0.25, 0.3) is 0 Å². The molecule has 1 saturated carbocycles. The fraction of sp³-hybridized carbons (Fsp3) is 0.593. The van der Waals surface area contributed by atoms with E-state index in [1.54, 1.807) is 25.3 Å². The first-order valence-corrected chi connectivity index (χ1v) is 12.8. The second kappa shape index (κ2) is 12.6. The molecule has 0 bridgehead atoms. The topological polar surface area (TPSA) is 67.4 Å². The van der Waals surface area contributed by atoms with Gasteiger partial charge in [0.05, 0.1) is 12.8 Å². The fourth-order valence-corrected chi connectivity index (χ4v) is 5.09. The lowest BCUT2D eigenvalue weighted by Crippen LogP contribution is -2.42. The summed E-state index contributed by atoms with van der Waals surface area (Å²) in [4.78, 5) is 4.23. The summed E-state index contributed by atoms with van der Waals surface area (Å²) in [6.45, 7) is 5.19. The smallest absolute Gasteiger partial charge is 0.149 e. The summed E-state index contributed by atoms with van der Waals surface area (Å²) in [5.74, 6) is 0.121. The molecule has 2 heterocycles. The molecule has 8 heteroatoms. The van der Waals surface area contributed by atoms with Crippen LogP contribution in [0.15, 0.2) is 30.5 Å². The van der Waals surface area contributed by atoms with Crippen LogP contribution in [0.4, 0.5) is 20.3 Å². The highest BCUT2D eigenvalue weighted by Crippen LogP contribution is 2.31. The van der Waals surface area contributed by atoms with Crippen LogP contribution in [-0.4, -0.2) is 56.6 Å². The molecular formula is C27H38F2N4O2. The van der Waals surface area contributed by atoms with E-state index in [0.29, 0.717) is 30.4 Å². The van der Waals surface area contributed by atoms with Crippen molar-refractivity contribution in [1.29, 1.82) is 0 Å². The van der Waals surface area contributed by atoms with Gasteiger partial charge in [-0.3, -0.25) is 0 Å². The Morgan fingerprint density at radius 2 is 1.71 bits per heavy atom. The van der Waals surface area contributed by atoms with Gasteiger partial charge in [-0.05, 0) is 75.6 Å². The quantitative estimate of drug-likeness (QED) is 0.427. The zero-order valence-electron chi connectivity index (χ0n) is 20.8. The lowest BCUT2D eigenvalue weighted by Gasteiger charge is -2.31. The van der Waals surface area contributed by atoms with E-state index in [4.69, 9.17) is 9.47 Å². The van der Waals surface area contributed by atoms with E-state index in [0.717, 1.165) is 64.0 Å². The first-order valence-electron chi connectivity index (χ1n) is 12.8. The highest BCUT2D eigenvalue weighted by Gasteiger charge is 2.23. The lowest BCUT2D eigenvalue weighted by atomic mass is 9.90. The molecule has 3 N–H and O–H groups in total. The molecular weight excluding hydrogens is 450 g/mol. The Labute approximate surface area is 207 Å². The number of aromatic nitrogens is 1. The number of hydrogen-bond acceptors (Lipinski definition) is 6. The maximum Gasteiger partial charge on any atom is 0.149 e. The minimum Gasteiger partial charge on any atom is -0.385 e. The molecule has 1 aliphatic carbocycles. The largest absolute Gasteiger partial charge is 0.385 e. The number of halogens is 2. The minimum atomic E-state index is -0.531. The van der Waals surface area contributed by atoms with E-state index < -0.39 is 11.6 Å². The molecule has 1 aromatic heterocycles. The van der Waals surface area contributed by atoms with E-state index in [1.165, 1.54) is 12.3 Å². The lowest BCUT2D eigenvalue weighted by molar-refractivity contribution is 0.0699. The number of rotatable bonds is 10. The van der Waals surface area contributed by atoms with Gasteiger partial charge in [0, 0.05) is 61.8 Å². The van der Waals surface area contributed by atoms with Gasteiger partial charge in [-0.15, -0.1) is 0 Å². The van der Waals surface area contributed by atoms with Gasteiger partial charge in [0.1, 0.15) is 17.5 Å². The molecule has 2 aliphatic rings. The predicted octanol–water partition coefficient (Wildman–Crippen LogP) is 5.21. The van der Waals surface area contributed by atoms with Crippen LogP contribution in [0.1, 0.15) is 45.4 Å². The molecule has 2 aromatic rings. The van der Waals surface area contributed by atoms with Crippen LogP contribution >= 0.6 is 0 Å². The summed E-state index contributed by atoms with van der Waals surface area (Å²) in [6, 6.07) is 7.47. The fourth-order valence-electron chi connectivity index (χ4n) is 5.09. The number of pyridine rings is 1. The van der Waals surface area contributed by atoms with Gasteiger partial charge in [0.15, 0.2) is 0 Å². The van der Waals surface area contributed by atoms with Crippen LogP contribution in [0.25, 0.3) is 11.1 Å². The highest BCUT2D eigenvalue weighted by atomic mass is 19.1. The third kappa shape index (κ3) is 7.35. The van der Waals surface area contributed by atoms with Crippen molar-refractivity contribution in [1.82, 2.24) is 10.3 Å². The number of anilines is 2. The van der Waals surface area contributed by atoms with E-state index in [1.807, 2.05) is 0 Å². The van der Waals surface area contributed by atoms with Crippen LogP contribution in [0, 0.1) is 17.6 Å². The number of methoxy groups -OCH3 is 1. The molecule has 2 fully saturated rings. The van der Waals surface area contributed by atoms with E-state index >= 15 is 0 Å². The standard InChI is InChI=1S/C27H38F2N4O2/c1-18(17-34-2)32-20-3-5-21(6-4-20)33-27-14-24(26(29)16-31-27)23-13-22(7-8-25(23)28)30-15-19-9-11-35-12-10-19/h7-8,13-14,16,18-21,30,32H,3-6,9-12,15,17H2,1-2H3,(H,31,33)/t18-,20?,21?/m0/s1. The highest BCUT2D eigenvalue weighted by molar-refractivity contribution is 5.71. The molecule has 35 heavy (non-hydrogen) atoms. The molecule has 0 amide bonds. The monoisotopic (exact) mass is 488 g/mol. The molecule has 0 unspecified atom stereocenters. The number of hydrogen-bond donors (Lipinski definition) is 3. The van der Waals surface area contributed by atoms with Crippen molar-refractivity contribution in [3.63, 3.8) is 0 Å². The van der Waals surface area contributed by atoms with Gasteiger partial charge in [0.2, 0.25) is 0 Å². The predicted molar refractivity (Wildman–Crippen MR) is 136 cm³/mol. The summed E-state index contributed by atoms with van der Waals surface area (Å²) in [5, 5.41) is 10.4. The van der Waals surface area contributed by atoms with Gasteiger partial charge in [-0.25, -0.2) is 13.8 Å². The Bertz CT molecular complexity index is 947. The average molecular weight is 489 g/mol. The SMILES string of the molecule is COC[C@H](C)NC1CCC(Nc2cc(-c3cc(NCC4CCOCC4)ccc3F)c(F)cn2)CC1. The maximum absolute atomic E-state index is 14.8. The normalized spacial score (nSPS) is 22.1. The van der Waals surface area contributed by atoms with Crippen molar-refractivity contribution in [2.45, 2.75) is 63.6 Å². The molecule has 1 atom stereocenters. The molecule has 0 radical (unpaired) electrons. The van der Waals surface area contributed by atoms with Gasteiger partial charge in [-0.1, -0.05) is 0 Å². The maximum atomic E-state index is 14.8. The molecule has 4 rings (SSSR count). The molecule has 1 aromatic carbocycles. The van der Waals surface area contributed by atoms with Crippen LogP contribution < -0.4 is 16.0 Å². The Morgan fingerprint density at radius 3 is 2.46 bits per heavy atom. The minimum absolute atomic E-state index is 0.221. The third-order valence-corrected chi connectivity index (χ3v) is 7.06. The first-order chi connectivity index (χ1) is 17.0. The average Bonchev–Trinajstić information content (AvgIpc) is 2.87. The van der Waals surface area contributed by atoms with Gasteiger partial charge < -0.3 is 25.4 Å². The number of nitrogens with zero attached hydrogens (tertiary/aromatic N) is 1. The van der Waals surface area contributed by atoms with Crippen molar-refractivity contribution < 1.29 is 18.3 Å². The van der Waals surface area contributed by atoms with Crippen molar-refractivity contribution in [3.8, 4) is 11.1 Å². The second-order valence-corrected chi connectivity index (χ2v) is 9.90. The zero-order chi connectivity index (χ0) is 24.6. The zero-order valence-corrected chi connectivity index (χ0v) is 20.8.